The van der Waals surface area contributed by atoms with E-state index >= 15 is 0 Å². The SMILES string of the molecule is C[C@@H](O)[C@@H]1[C@@H]2CC[C@H](CN1C(=O)O)N2C(=O)O. The summed E-state index contributed by atoms with van der Waals surface area (Å²) in [7, 11) is 0. The van der Waals surface area contributed by atoms with Gasteiger partial charge in [-0.05, 0) is 19.8 Å². The molecule has 4 atom stereocenters. The van der Waals surface area contributed by atoms with Crippen LogP contribution in [-0.2, 0) is 0 Å². The second-order valence-corrected chi connectivity index (χ2v) is 4.65. The minimum atomic E-state index is -1.10. The van der Waals surface area contributed by atoms with Gasteiger partial charge < -0.3 is 15.3 Å². The second kappa shape index (κ2) is 4.06. The van der Waals surface area contributed by atoms with Gasteiger partial charge in [0.1, 0.15) is 0 Å². The fourth-order valence-corrected chi connectivity index (χ4v) is 3.07. The average Bonchev–Trinajstić information content (AvgIpc) is 2.52. The largest absolute Gasteiger partial charge is 0.465 e. The van der Waals surface area contributed by atoms with Crippen LogP contribution in [0.3, 0.4) is 0 Å². The molecule has 2 fully saturated rings. The number of aliphatic hydroxyl groups is 1. The van der Waals surface area contributed by atoms with Gasteiger partial charge in [-0.2, -0.15) is 0 Å². The van der Waals surface area contributed by atoms with Gasteiger partial charge in [-0.25, -0.2) is 9.59 Å². The summed E-state index contributed by atoms with van der Waals surface area (Å²) in [5.74, 6) is 0. The maximum Gasteiger partial charge on any atom is 0.407 e. The first-order chi connectivity index (χ1) is 7.93. The zero-order valence-electron chi connectivity index (χ0n) is 9.48. The van der Waals surface area contributed by atoms with E-state index in [1.807, 2.05) is 0 Å². The van der Waals surface area contributed by atoms with Gasteiger partial charge in [-0.1, -0.05) is 0 Å². The minimum absolute atomic E-state index is 0.147. The van der Waals surface area contributed by atoms with Crippen LogP contribution in [0, 0.1) is 0 Å². The molecule has 96 valence electrons. The predicted molar refractivity (Wildman–Crippen MR) is 56.9 cm³/mol. The van der Waals surface area contributed by atoms with Crippen molar-refractivity contribution < 1.29 is 24.9 Å². The first kappa shape index (κ1) is 12.0. The quantitative estimate of drug-likeness (QED) is 0.613. The molecule has 0 aromatic heterocycles. The molecule has 2 saturated heterocycles. The number of fused-ring (bicyclic) bond motifs is 2. The van der Waals surface area contributed by atoms with Crippen LogP contribution >= 0.6 is 0 Å². The molecule has 2 amide bonds. The van der Waals surface area contributed by atoms with E-state index in [4.69, 9.17) is 10.2 Å². The Bertz CT molecular complexity index is 346. The van der Waals surface area contributed by atoms with Crippen molar-refractivity contribution >= 4 is 12.2 Å². The van der Waals surface area contributed by atoms with Crippen molar-refractivity contribution in [3.63, 3.8) is 0 Å². The highest BCUT2D eigenvalue weighted by molar-refractivity contribution is 5.70. The summed E-state index contributed by atoms with van der Waals surface area (Å²) in [5, 5.41) is 27.9. The topological polar surface area (TPSA) is 101 Å². The molecule has 0 unspecified atom stereocenters. The lowest BCUT2D eigenvalue weighted by Gasteiger charge is -2.45. The first-order valence-corrected chi connectivity index (χ1v) is 5.62. The maximum absolute atomic E-state index is 11.1. The molecule has 2 aliphatic heterocycles. The highest BCUT2D eigenvalue weighted by Crippen LogP contribution is 2.35. The molecular weight excluding hydrogens is 228 g/mol. The molecule has 0 aromatic rings. The number of likely N-dealkylation sites (tertiary alicyclic amines) is 1. The van der Waals surface area contributed by atoms with Crippen LogP contribution < -0.4 is 0 Å². The van der Waals surface area contributed by atoms with Crippen LogP contribution in [0.5, 0.6) is 0 Å². The van der Waals surface area contributed by atoms with Crippen molar-refractivity contribution in [2.75, 3.05) is 6.54 Å². The highest BCUT2D eigenvalue weighted by Gasteiger charge is 2.51. The molecule has 0 aliphatic carbocycles. The Morgan fingerprint density at radius 3 is 2.35 bits per heavy atom. The third kappa shape index (κ3) is 1.80. The molecule has 2 bridgehead atoms. The van der Waals surface area contributed by atoms with Crippen LogP contribution in [0.2, 0.25) is 0 Å². The van der Waals surface area contributed by atoms with Gasteiger partial charge in [0.25, 0.3) is 0 Å². The third-order valence-corrected chi connectivity index (χ3v) is 3.67. The number of hydrogen-bond acceptors (Lipinski definition) is 3. The Kier molecular flexibility index (Phi) is 2.86. The maximum atomic E-state index is 11.1. The summed E-state index contributed by atoms with van der Waals surface area (Å²) in [6.07, 6.45) is -1.75. The monoisotopic (exact) mass is 244 g/mol. The fourth-order valence-electron chi connectivity index (χ4n) is 3.07. The number of nitrogens with zero attached hydrogens (tertiary/aromatic N) is 2. The molecule has 3 N–H and O–H groups in total. The lowest BCUT2D eigenvalue weighted by molar-refractivity contribution is -0.0222. The van der Waals surface area contributed by atoms with Gasteiger partial charge in [0, 0.05) is 6.54 Å². The molecule has 2 aliphatic rings. The summed E-state index contributed by atoms with van der Waals surface area (Å²) in [6.45, 7) is 1.65. The van der Waals surface area contributed by atoms with Gasteiger partial charge in [-0.15, -0.1) is 0 Å². The summed E-state index contributed by atoms with van der Waals surface area (Å²) in [4.78, 5) is 24.7. The number of aliphatic hydroxyl groups excluding tert-OH is 1. The van der Waals surface area contributed by atoms with Crippen LogP contribution in [0.4, 0.5) is 9.59 Å². The van der Waals surface area contributed by atoms with E-state index in [1.54, 1.807) is 0 Å². The molecule has 2 rings (SSSR count). The first-order valence-electron chi connectivity index (χ1n) is 5.62. The Morgan fingerprint density at radius 1 is 1.24 bits per heavy atom. The lowest BCUT2D eigenvalue weighted by atomic mass is 9.99. The van der Waals surface area contributed by atoms with Crippen molar-refractivity contribution in [3.8, 4) is 0 Å². The standard InChI is InChI=1S/C10H16N2O5/c1-5(13)8-7-3-2-6(12(7)10(16)17)4-11(8)9(14)15/h5-8,13H,2-4H2,1H3,(H,14,15)(H,16,17)/t5-,6-,7+,8-/m1/s1. The van der Waals surface area contributed by atoms with E-state index < -0.39 is 30.4 Å². The average molecular weight is 244 g/mol. The van der Waals surface area contributed by atoms with Gasteiger partial charge >= 0.3 is 12.2 Å². The Balaban J connectivity index is 2.30. The predicted octanol–water partition coefficient (Wildman–Crippen LogP) is 0.240. The van der Waals surface area contributed by atoms with Crippen molar-refractivity contribution in [2.45, 2.75) is 44.0 Å². The number of amides is 2. The highest BCUT2D eigenvalue weighted by atomic mass is 16.4. The summed E-state index contributed by atoms with van der Waals surface area (Å²) in [5.41, 5.74) is 0. The molecule has 7 nitrogen and oxygen atoms in total. The van der Waals surface area contributed by atoms with Crippen molar-refractivity contribution in [3.05, 3.63) is 0 Å². The number of carbonyl (C=O) groups is 2. The number of carboxylic acid groups (broad SMARTS) is 2. The zero-order chi connectivity index (χ0) is 12.7. The minimum Gasteiger partial charge on any atom is -0.465 e. The zero-order valence-corrected chi connectivity index (χ0v) is 9.48. The van der Waals surface area contributed by atoms with Crippen molar-refractivity contribution in [2.24, 2.45) is 0 Å². The number of piperazine rings is 1. The van der Waals surface area contributed by atoms with Gasteiger partial charge in [-0.3, -0.25) is 9.80 Å². The van der Waals surface area contributed by atoms with Crippen molar-refractivity contribution in [1.29, 1.82) is 0 Å². The summed E-state index contributed by atoms with van der Waals surface area (Å²) in [6, 6.07) is -1.37. The summed E-state index contributed by atoms with van der Waals surface area (Å²) < 4.78 is 0. The summed E-state index contributed by atoms with van der Waals surface area (Å²) >= 11 is 0. The Hall–Kier alpha value is -1.50. The van der Waals surface area contributed by atoms with E-state index in [1.165, 1.54) is 16.7 Å². The van der Waals surface area contributed by atoms with E-state index in [0.29, 0.717) is 12.8 Å². The van der Waals surface area contributed by atoms with Crippen LogP contribution in [0.1, 0.15) is 19.8 Å². The Labute approximate surface area is 98.2 Å². The smallest absolute Gasteiger partial charge is 0.407 e. The molecule has 0 radical (unpaired) electrons. The normalized spacial score (nSPS) is 33.6. The molecule has 0 aromatic carbocycles. The second-order valence-electron chi connectivity index (χ2n) is 4.65. The van der Waals surface area contributed by atoms with Crippen LogP contribution in [0.15, 0.2) is 0 Å². The van der Waals surface area contributed by atoms with E-state index in [9.17, 15) is 14.7 Å². The van der Waals surface area contributed by atoms with E-state index in [2.05, 4.69) is 0 Å². The van der Waals surface area contributed by atoms with Crippen molar-refractivity contribution in [1.82, 2.24) is 9.80 Å². The van der Waals surface area contributed by atoms with Gasteiger partial charge in [0.2, 0.25) is 0 Å². The molecular formula is C10H16N2O5. The van der Waals surface area contributed by atoms with Crippen LogP contribution in [0.25, 0.3) is 0 Å². The molecule has 0 spiro atoms. The lowest BCUT2D eigenvalue weighted by Crippen LogP contribution is -2.65. The number of rotatable bonds is 1. The van der Waals surface area contributed by atoms with E-state index in [-0.39, 0.29) is 12.6 Å². The fraction of sp³-hybridized carbons (Fsp3) is 0.800. The third-order valence-electron chi connectivity index (χ3n) is 3.67. The van der Waals surface area contributed by atoms with Gasteiger partial charge in [0.05, 0.1) is 24.2 Å². The van der Waals surface area contributed by atoms with Gasteiger partial charge in [0.15, 0.2) is 0 Å². The Morgan fingerprint density at radius 2 is 1.88 bits per heavy atom. The molecule has 2 heterocycles. The molecule has 7 heteroatoms. The molecule has 0 saturated carbocycles. The van der Waals surface area contributed by atoms with E-state index in [0.717, 1.165) is 0 Å². The molecule has 17 heavy (non-hydrogen) atoms. The number of hydrogen-bond donors (Lipinski definition) is 3. The van der Waals surface area contributed by atoms with Crippen LogP contribution in [-0.4, -0.2) is 68.1 Å².